The third-order valence-corrected chi connectivity index (χ3v) is 4.17. The van der Waals surface area contributed by atoms with Crippen molar-refractivity contribution in [2.45, 2.75) is 24.9 Å². The number of carbonyl (C=O) groups excluding carboxylic acids is 1. The van der Waals surface area contributed by atoms with E-state index in [-0.39, 0.29) is 30.0 Å². The van der Waals surface area contributed by atoms with E-state index in [9.17, 15) is 18.0 Å². The number of rotatable bonds is 4. The number of anilines is 1. The van der Waals surface area contributed by atoms with E-state index in [1.807, 2.05) is 0 Å². The Morgan fingerprint density at radius 1 is 1.18 bits per heavy atom. The summed E-state index contributed by atoms with van der Waals surface area (Å²) in [7, 11) is 0. The van der Waals surface area contributed by atoms with Crippen molar-refractivity contribution in [2.75, 3.05) is 5.32 Å². The molecule has 0 radical (unpaired) electrons. The van der Waals surface area contributed by atoms with E-state index < -0.39 is 11.9 Å². The van der Waals surface area contributed by atoms with Gasteiger partial charge in [-0.25, -0.2) is 9.67 Å². The highest BCUT2D eigenvalue weighted by molar-refractivity contribution is 6.03. The van der Waals surface area contributed by atoms with Gasteiger partial charge in [0.1, 0.15) is 0 Å². The van der Waals surface area contributed by atoms with Crippen LogP contribution in [0.25, 0.3) is 5.82 Å². The molecule has 0 aromatic carbocycles. The van der Waals surface area contributed by atoms with E-state index in [1.165, 1.54) is 23.1 Å². The topological polar surface area (TPSA) is 72.7 Å². The van der Waals surface area contributed by atoms with E-state index in [1.54, 1.807) is 24.4 Å². The van der Waals surface area contributed by atoms with Crippen molar-refractivity contribution in [1.82, 2.24) is 19.7 Å². The van der Waals surface area contributed by atoms with E-state index in [0.717, 1.165) is 18.9 Å². The van der Waals surface area contributed by atoms with Crippen LogP contribution in [-0.2, 0) is 6.18 Å². The fraction of sp³-hybridized carbons (Fsp3) is 0.222. The number of alkyl halides is 3. The molecule has 1 saturated carbocycles. The van der Waals surface area contributed by atoms with Gasteiger partial charge in [0.05, 0.1) is 17.4 Å². The number of hydrogen-bond donors (Lipinski definition) is 1. The van der Waals surface area contributed by atoms with Gasteiger partial charge in [0, 0.05) is 24.0 Å². The molecular formula is C18H15ClF3N5O. The standard InChI is InChI=1S/C18H14F3N5O.ClH/c19-18(20,21)15-8-14(11-3-4-11)26(25-15)16-6-5-13(10-23-16)24-17(27)12-2-1-7-22-9-12;/h1-2,5-11H,3-4H2,(H,24,27);1H. The van der Waals surface area contributed by atoms with Crippen molar-refractivity contribution in [3.05, 3.63) is 65.9 Å². The molecule has 1 aliphatic rings. The quantitative estimate of drug-likeness (QED) is 0.699. The highest BCUT2D eigenvalue weighted by Gasteiger charge is 2.38. The van der Waals surface area contributed by atoms with Crippen LogP contribution in [-0.4, -0.2) is 25.7 Å². The van der Waals surface area contributed by atoms with Gasteiger partial charge in [0.2, 0.25) is 0 Å². The minimum absolute atomic E-state index is 0. The Bertz CT molecular complexity index is 969. The van der Waals surface area contributed by atoms with E-state index in [2.05, 4.69) is 20.4 Å². The Labute approximate surface area is 164 Å². The maximum Gasteiger partial charge on any atom is 0.435 e. The monoisotopic (exact) mass is 409 g/mol. The van der Waals surface area contributed by atoms with Crippen LogP contribution in [0.1, 0.15) is 40.5 Å². The Kier molecular flexibility index (Phi) is 5.37. The summed E-state index contributed by atoms with van der Waals surface area (Å²) < 4.78 is 40.2. The van der Waals surface area contributed by atoms with Crippen LogP contribution in [0.5, 0.6) is 0 Å². The van der Waals surface area contributed by atoms with Gasteiger partial charge in [0.15, 0.2) is 11.5 Å². The molecule has 4 rings (SSSR count). The van der Waals surface area contributed by atoms with Crippen molar-refractivity contribution < 1.29 is 18.0 Å². The minimum atomic E-state index is -4.51. The van der Waals surface area contributed by atoms with Gasteiger partial charge in [0.25, 0.3) is 5.91 Å². The number of carbonyl (C=O) groups is 1. The highest BCUT2D eigenvalue weighted by atomic mass is 35.5. The summed E-state index contributed by atoms with van der Waals surface area (Å²) in [6, 6.07) is 7.44. The van der Waals surface area contributed by atoms with E-state index in [0.29, 0.717) is 16.9 Å². The molecule has 28 heavy (non-hydrogen) atoms. The van der Waals surface area contributed by atoms with E-state index >= 15 is 0 Å². The number of amides is 1. The second-order valence-electron chi connectivity index (χ2n) is 6.24. The number of nitrogens with one attached hydrogen (secondary N) is 1. The molecule has 1 aliphatic carbocycles. The molecule has 1 amide bonds. The molecule has 3 heterocycles. The van der Waals surface area contributed by atoms with Gasteiger partial charge in [-0.15, -0.1) is 12.4 Å². The number of pyridine rings is 2. The van der Waals surface area contributed by atoms with E-state index in [4.69, 9.17) is 0 Å². The molecule has 1 fully saturated rings. The van der Waals surface area contributed by atoms with Gasteiger partial charge in [-0.3, -0.25) is 9.78 Å². The van der Waals surface area contributed by atoms with Crippen molar-refractivity contribution in [3.63, 3.8) is 0 Å². The molecule has 0 bridgehead atoms. The van der Waals surface area contributed by atoms with Gasteiger partial charge >= 0.3 is 6.18 Å². The number of nitrogens with zero attached hydrogens (tertiary/aromatic N) is 4. The second-order valence-corrected chi connectivity index (χ2v) is 6.24. The second kappa shape index (κ2) is 7.59. The molecule has 0 saturated heterocycles. The predicted octanol–water partition coefficient (Wildman–Crippen LogP) is 4.23. The van der Waals surface area contributed by atoms with Gasteiger partial charge in [-0.05, 0) is 43.2 Å². The molecule has 3 aromatic rings. The van der Waals surface area contributed by atoms with Crippen LogP contribution in [0.15, 0.2) is 48.9 Å². The first-order chi connectivity index (χ1) is 12.9. The molecule has 0 aliphatic heterocycles. The van der Waals surface area contributed by atoms with Gasteiger partial charge in [-0.1, -0.05) is 0 Å². The molecule has 10 heteroatoms. The molecule has 146 valence electrons. The van der Waals surface area contributed by atoms with Gasteiger partial charge < -0.3 is 5.32 Å². The van der Waals surface area contributed by atoms with Crippen LogP contribution in [0.3, 0.4) is 0 Å². The Hall–Kier alpha value is -2.94. The number of aromatic nitrogens is 4. The van der Waals surface area contributed by atoms with Crippen LogP contribution < -0.4 is 5.32 Å². The normalized spacial score (nSPS) is 13.7. The van der Waals surface area contributed by atoms with Crippen LogP contribution in [0.4, 0.5) is 18.9 Å². The highest BCUT2D eigenvalue weighted by Crippen LogP contribution is 2.42. The fourth-order valence-electron chi connectivity index (χ4n) is 2.67. The zero-order valence-corrected chi connectivity index (χ0v) is 15.2. The molecule has 3 aromatic heterocycles. The zero-order chi connectivity index (χ0) is 19.0. The molecule has 1 N–H and O–H groups in total. The summed E-state index contributed by atoms with van der Waals surface area (Å²) in [6.45, 7) is 0. The third kappa shape index (κ3) is 4.14. The van der Waals surface area contributed by atoms with Crippen LogP contribution in [0.2, 0.25) is 0 Å². The third-order valence-electron chi connectivity index (χ3n) is 4.17. The summed E-state index contributed by atoms with van der Waals surface area (Å²) >= 11 is 0. The van der Waals surface area contributed by atoms with Crippen LogP contribution in [0, 0.1) is 0 Å². The average Bonchev–Trinajstić information content (AvgIpc) is 3.40. The average molecular weight is 410 g/mol. The Balaban J connectivity index is 0.00000225. The smallest absolute Gasteiger partial charge is 0.321 e. The summed E-state index contributed by atoms with van der Waals surface area (Å²) in [5.41, 5.74) is 0.380. The lowest BCUT2D eigenvalue weighted by atomic mass is 10.2. The van der Waals surface area contributed by atoms with Crippen LogP contribution >= 0.6 is 12.4 Å². The van der Waals surface area contributed by atoms with Crippen molar-refractivity contribution in [2.24, 2.45) is 0 Å². The number of hydrogen-bond acceptors (Lipinski definition) is 4. The molecular weight excluding hydrogens is 395 g/mol. The zero-order valence-electron chi connectivity index (χ0n) is 14.3. The first-order valence-corrected chi connectivity index (χ1v) is 8.27. The Morgan fingerprint density at radius 2 is 1.96 bits per heavy atom. The first-order valence-electron chi connectivity index (χ1n) is 8.27. The minimum Gasteiger partial charge on any atom is -0.321 e. The summed E-state index contributed by atoms with van der Waals surface area (Å²) in [5, 5.41) is 6.35. The van der Waals surface area contributed by atoms with Crippen molar-refractivity contribution in [3.8, 4) is 5.82 Å². The summed E-state index contributed by atoms with van der Waals surface area (Å²) in [6.07, 6.45) is 1.54. The maximum atomic E-state index is 13.0. The van der Waals surface area contributed by atoms with Crippen molar-refractivity contribution >= 4 is 24.0 Å². The predicted molar refractivity (Wildman–Crippen MR) is 97.8 cm³/mol. The lowest BCUT2D eigenvalue weighted by Gasteiger charge is -2.08. The maximum absolute atomic E-state index is 13.0. The largest absolute Gasteiger partial charge is 0.435 e. The first kappa shape index (κ1) is 19.8. The molecule has 0 unspecified atom stereocenters. The molecule has 6 nitrogen and oxygen atoms in total. The lowest BCUT2D eigenvalue weighted by molar-refractivity contribution is -0.141. The fourth-order valence-corrected chi connectivity index (χ4v) is 2.67. The van der Waals surface area contributed by atoms with Gasteiger partial charge in [-0.2, -0.15) is 18.3 Å². The SMILES string of the molecule is Cl.O=C(Nc1ccc(-n2nc(C(F)(F)F)cc2C2CC2)nc1)c1cccnc1. The molecule has 0 atom stereocenters. The lowest BCUT2D eigenvalue weighted by Crippen LogP contribution is -2.13. The van der Waals surface area contributed by atoms with Crippen molar-refractivity contribution in [1.29, 1.82) is 0 Å². The molecule has 0 spiro atoms. The number of halogens is 4. The Morgan fingerprint density at radius 3 is 2.54 bits per heavy atom. The summed E-state index contributed by atoms with van der Waals surface area (Å²) in [4.78, 5) is 20.2. The summed E-state index contributed by atoms with van der Waals surface area (Å²) in [5.74, 6) is -0.0121.